The van der Waals surface area contributed by atoms with Gasteiger partial charge in [0.25, 0.3) is 0 Å². The Hall–Kier alpha value is -0.730. The smallest absolute Gasteiger partial charge is 0.130 e. The average Bonchev–Trinajstić information content (AvgIpc) is 2.34. The number of likely N-dealkylation sites (tertiary alicyclic amines) is 1. The highest BCUT2D eigenvalue weighted by atomic mass is 35.5. The molecular weight excluding hydrogens is 255 g/mol. The molecule has 0 N–H and O–H groups in total. The number of halogens is 2. The lowest BCUT2D eigenvalue weighted by atomic mass is 10.1. The summed E-state index contributed by atoms with van der Waals surface area (Å²) in [4.78, 5) is 6.78. The molecule has 0 bridgehead atoms. The first-order valence-corrected chi connectivity index (χ1v) is 6.17. The average molecular weight is 273 g/mol. The summed E-state index contributed by atoms with van der Waals surface area (Å²) in [7, 11) is 1.86. The maximum absolute atomic E-state index is 5.89. The molecule has 1 fully saturated rings. The fraction of sp³-hybridized carbons (Fsp3) is 0.462. The maximum atomic E-state index is 5.89. The van der Waals surface area contributed by atoms with Gasteiger partial charge in [0.15, 0.2) is 0 Å². The lowest BCUT2D eigenvalue weighted by Crippen LogP contribution is -2.36. The molecule has 1 aliphatic rings. The second kappa shape index (κ2) is 6.87. The van der Waals surface area contributed by atoms with Crippen molar-refractivity contribution in [3.8, 4) is 0 Å². The van der Waals surface area contributed by atoms with Crippen molar-refractivity contribution >= 4 is 29.8 Å². The summed E-state index contributed by atoms with van der Waals surface area (Å²) in [5.41, 5.74) is 1.16. The first-order chi connectivity index (χ1) is 7.81. The van der Waals surface area contributed by atoms with Crippen LogP contribution in [0.3, 0.4) is 0 Å². The standard InChI is InChI=1S/C13H17ClN2.ClH/c1-15-13(16-9-3-2-4-10-16)11-5-7-12(14)8-6-11;/h5-8H,2-4,9-10H2,1H3;1H. The third kappa shape index (κ3) is 3.62. The van der Waals surface area contributed by atoms with Crippen molar-refractivity contribution in [2.75, 3.05) is 20.1 Å². The fourth-order valence-electron chi connectivity index (χ4n) is 2.16. The number of hydrogen-bond acceptors (Lipinski definition) is 1. The van der Waals surface area contributed by atoms with Crippen LogP contribution in [0.15, 0.2) is 29.3 Å². The van der Waals surface area contributed by atoms with Gasteiger partial charge in [0.1, 0.15) is 5.84 Å². The SMILES string of the molecule is CN=C(c1ccc(Cl)cc1)N1CCCCC1.Cl. The highest BCUT2D eigenvalue weighted by Crippen LogP contribution is 2.16. The van der Waals surface area contributed by atoms with Crippen LogP contribution in [-0.2, 0) is 0 Å². The lowest BCUT2D eigenvalue weighted by molar-refractivity contribution is 0.342. The molecule has 0 amide bonds. The van der Waals surface area contributed by atoms with Crippen molar-refractivity contribution in [2.45, 2.75) is 19.3 Å². The second-order valence-electron chi connectivity index (χ2n) is 4.10. The third-order valence-electron chi connectivity index (χ3n) is 2.97. The molecule has 2 nitrogen and oxygen atoms in total. The molecule has 0 aromatic heterocycles. The molecule has 0 saturated carbocycles. The predicted molar refractivity (Wildman–Crippen MR) is 76.6 cm³/mol. The van der Waals surface area contributed by atoms with E-state index in [2.05, 4.69) is 9.89 Å². The van der Waals surface area contributed by atoms with E-state index < -0.39 is 0 Å². The Labute approximate surface area is 114 Å². The van der Waals surface area contributed by atoms with Gasteiger partial charge in [0.05, 0.1) is 0 Å². The highest BCUT2D eigenvalue weighted by Gasteiger charge is 2.15. The van der Waals surface area contributed by atoms with Crippen LogP contribution in [0.25, 0.3) is 0 Å². The van der Waals surface area contributed by atoms with E-state index in [0.717, 1.165) is 29.5 Å². The number of amidine groups is 1. The largest absolute Gasteiger partial charge is 0.356 e. The van der Waals surface area contributed by atoms with Gasteiger partial charge in [-0.1, -0.05) is 11.6 Å². The number of aliphatic imine (C=N–C) groups is 1. The quantitative estimate of drug-likeness (QED) is 0.563. The first kappa shape index (κ1) is 14.3. The van der Waals surface area contributed by atoms with Crippen molar-refractivity contribution in [2.24, 2.45) is 4.99 Å². The van der Waals surface area contributed by atoms with E-state index in [9.17, 15) is 0 Å². The minimum atomic E-state index is 0. The van der Waals surface area contributed by atoms with Gasteiger partial charge in [0, 0.05) is 30.7 Å². The van der Waals surface area contributed by atoms with E-state index in [1.807, 2.05) is 31.3 Å². The minimum Gasteiger partial charge on any atom is -0.356 e. The van der Waals surface area contributed by atoms with Gasteiger partial charge in [-0.05, 0) is 43.5 Å². The molecule has 1 aromatic rings. The fourth-order valence-corrected chi connectivity index (χ4v) is 2.28. The van der Waals surface area contributed by atoms with Gasteiger partial charge in [-0.25, -0.2) is 0 Å². The van der Waals surface area contributed by atoms with Crippen molar-refractivity contribution in [3.63, 3.8) is 0 Å². The summed E-state index contributed by atoms with van der Waals surface area (Å²) in [5, 5.41) is 0.776. The van der Waals surface area contributed by atoms with Gasteiger partial charge in [0.2, 0.25) is 0 Å². The molecule has 1 aliphatic heterocycles. The number of rotatable bonds is 1. The van der Waals surface area contributed by atoms with Crippen molar-refractivity contribution in [1.29, 1.82) is 0 Å². The normalized spacial score (nSPS) is 16.6. The monoisotopic (exact) mass is 272 g/mol. The molecule has 0 aliphatic carbocycles. The van der Waals surface area contributed by atoms with Crippen LogP contribution in [0.1, 0.15) is 24.8 Å². The molecule has 2 rings (SSSR count). The molecule has 94 valence electrons. The highest BCUT2D eigenvalue weighted by molar-refractivity contribution is 6.30. The molecule has 1 saturated heterocycles. The summed E-state index contributed by atoms with van der Waals surface area (Å²) >= 11 is 5.89. The molecule has 17 heavy (non-hydrogen) atoms. The molecule has 1 heterocycles. The van der Waals surface area contributed by atoms with Crippen LogP contribution in [0.4, 0.5) is 0 Å². The second-order valence-corrected chi connectivity index (χ2v) is 4.54. The van der Waals surface area contributed by atoms with E-state index in [-0.39, 0.29) is 12.4 Å². The van der Waals surface area contributed by atoms with Crippen LogP contribution >= 0.6 is 24.0 Å². The summed E-state index contributed by atoms with van der Waals surface area (Å²) in [6.07, 6.45) is 3.88. The minimum absolute atomic E-state index is 0. The zero-order valence-electron chi connectivity index (χ0n) is 10.0. The van der Waals surface area contributed by atoms with Crippen molar-refractivity contribution in [3.05, 3.63) is 34.9 Å². The van der Waals surface area contributed by atoms with Crippen molar-refractivity contribution in [1.82, 2.24) is 4.90 Å². The summed E-state index contributed by atoms with van der Waals surface area (Å²) < 4.78 is 0. The van der Waals surface area contributed by atoms with Gasteiger partial charge in [-0.15, -0.1) is 12.4 Å². The van der Waals surface area contributed by atoms with Crippen LogP contribution in [-0.4, -0.2) is 30.9 Å². The Balaban J connectivity index is 0.00000144. The van der Waals surface area contributed by atoms with Gasteiger partial charge >= 0.3 is 0 Å². The van der Waals surface area contributed by atoms with E-state index in [1.54, 1.807) is 0 Å². The van der Waals surface area contributed by atoms with E-state index in [4.69, 9.17) is 11.6 Å². The zero-order chi connectivity index (χ0) is 11.4. The summed E-state index contributed by atoms with van der Waals surface area (Å²) in [6, 6.07) is 7.93. The maximum Gasteiger partial charge on any atom is 0.130 e. The molecule has 4 heteroatoms. The third-order valence-corrected chi connectivity index (χ3v) is 3.22. The molecule has 0 spiro atoms. The molecule has 1 aromatic carbocycles. The Morgan fingerprint density at radius 2 is 1.71 bits per heavy atom. The predicted octanol–water partition coefficient (Wildman–Crippen LogP) is 3.62. The van der Waals surface area contributed by atoms with Crippen LogP contribution < -0.4 is 0 Å². The molecule has 0 atom stereocenters. The van der Waals surface area contributed by atoms with Crippen LogP contribution in [0.2, 0.25) is 5.02 Å². The van der Waals surface area contributed by atoms with E-state index >= 15 is 0 Å². The Morgan fingerprint density at radius 1 is 1.12 bits per heavy atom. The van der Waals surface area contributed by atoms with E-state index in [0.29, 0.717) is 0 Å². The summed E-state index contributed by atoms with van der Waals surface area (Å²) in [6.45, 7) is 2.24. The van der Waals surface area contributed by atoms with Crippen LogP contribution in [0, 0.1) is 0 Å². The zero-order valence-corrected chi connectivity index (χ0v) is 11.6. The topological polar surface area (TPSA) is 15.6 Å². The first-order valence-electron chi connectivity index (χ1n) is 5.79. The van der Waals surface area contributed by atoms with Gasteiger partial charge < -0.3 is 4.90 Å². The molecular formula is C13H18Cl2N2. The Morgan fingerprint density at radius 3 is 2.24 bits per heavy atom. The summed E-state index contributed by atoms with van der Waals surface area (Å²) in [5.74, 6) is 1.09. The number of hydrogen-bond donors (Lipinski definition) is 0. The Bertz CT molecular complexity index is 368. The lowest BCUT2D eigenvalue weighted by Gasteiger charge is -2.29. The number of piperidine rings is 1. The number of nitrogens with zero attached hydrogens (tertiary/aromatic N) is 2. The molecule has 0 unspecified atom stereocenters. The molecule has 0 radical (unpaired) electrons. The van der Waals surface area contributed by atoms with Crippen LogP contribution in [0.5, 0.6) is 0 Å². The Kier molecular flexibility index (Phi) is 5.79. The van der Waals surface area contributed by atoms with Gasteiger partial charge in [-0.2, -0.15) is 0 Å². The van der Waals surface area contributed by atoms with E-state index in [1.165, 1.54) is 19.3 Å². The van der Waals surface area contributed by atoms with Gasteiger partial charge in [-0.3, -0.25) is 4.99 Å². The van der Waals surface area contributed by atoms with Crippen molar-refractivity contribution < 1.29 is 0 Å². The number of benzene rings is 1.